The number of ether oxygens (including phenoxy) is 3. The Balaban J connectivity index is 0.948. The third kappa shape index (κ3) is 7.35. The van der Waals surface area contributed by atoms with Crippen molar-refractivity contribution >= 4 is 34.8 Å². The molecule has 1 aromatic carbocycles. The molecule has 292 valence electrons. The number of unbranched alkanes of at least 4 members (excludes halogenated alkanes) is 2. The van der Waals surface area contributed by atoms with E-state index >= 15 is 0 Å². The van der Waals surface area contributed by atoms with Gasteiger partial charge in [-0.3, -0.25) is 9.79 Å². The minimum Gasteiger partial charge on any atom is -0.507 e. The van der Waals surface area contributed by atoms with Gasteiger partial charge in [-0.25, -0.2) is 14.8 Å². The molecule has 8 rings (SSSR count). The number of fused-ring (bicyclic) bond motifs is 3. The Labute approximate surface area is 325 Å². The number of rotatable bonds is 13. The Morgan fingerprint density at radius 2 is 1.96 bits per heavy atom. The second kappa shape index (κ2) is 14.4. The third-order valence-corrected chi connectivity index (χ3v) is 11.0. The molecule has 4 N–H and O–H groups in total. The van der Waals surface area contributed by atoms with Crippen LogP contribution in [0.2, 0.25) is 0 Å². The van der Waals surface area contributed by atoms with Crippen LogP contribution in [-0.4, -0.2) is 68.7 Å². The Hall–Kier alpha value is -5.69. The molecule has 0 amide bonds. The van der Waals surface area contributed by atoms with Gasteiger partial charge in [0.2, 0.25) is 0 Å². The number of benzene rings is 1. The fourth-order valence-corrected chi connectivity index (χ4v) is 7.79. The lowest BCUT2D eigenvalue weighted by atomic mass is 9.89. The highest BCUT2D eigenvalue weighted by molar-refractivity contribution is 5.87. The number of nitrogens with two attached hydrogens (primary N) is 1. The van der Waals surface area contributed by atoms with Gasteiger partial charge >= 0.3 is 5.97 Å². The molecule has 0 aliphatic carbocycles. The Bertz CT molecular complexity index is 2380. The van der Waals surface area contributed by atoms with Crippen LogP contribution in [0.15, 0.2) is 74.1 Å². The number of esters is 1. The van der Waals surface area contributed by atoms with Gasteiger partial charge in [0.05, 0.1) is 29.7 Å². The number of nitrogens with zero attached hydrogens (tertiary/aromatic N) is 4. The third-order valence-electron chi connectivity index (χ3n) is 11.0. The van der Waals surface area contributed by atoms with E-state index in [0.29, 0.717) is 42.3 Å². The number of nitrogen functional groups attached to an aromatic ring is 1. The molecule has 3 unspecified atom stereocenters. The second-order valence-corrected chi connectivity index (χ2v) is 15.9. The van der Waals surface area contributed by atoms with Crippen molar-refractivity contribution in [2.45, 2.75) is 103 Å². The number of hydrogen-bond acceptors (Lipinski definition) is 13. The molecule has 13 heteroatoms. The van der Waals surface area contributed by atoms with Gasteiger partial charge in [-0.15, -0.1) is 0 Å². The molecule has 4 aliphatic heterocycles. The molecular weight excluding hydrogens is 713 g/mol. The number of carbonyl (C=O) groups excluding carboxylic acids is 1. The maximum Gasteiger partial charge on any atom is 0.341 e. The number of nitrogens with one attached hydrogen (secondary N) is 1. The van der Waals surface area contributed by atoms with Gasteiger partial charge in [-0.05, 0) is 82.9 Å². The summed E-state index contributed by atoms with van der Waals surface area (Å²) in [5.74, 6) is 1.26. The molecule has 7 heterocycles. The highest BCUT2D eigenvalue weighted by Crippen LogP contribution is 2.45. The molecule has 0 radical (unpaired) electrons. The van der Waals surface area contributed by atoms with E-state index in [4.69, 9.17) is 34.3 Å². The first-order valence-corrected chi connectivity index (χ1v) is 19.4. The second-order valence-electron chi connectivity index (χ2n) is 15.9. The first-order chi connectivity index (χ1) is 26.8. The minimum absolute atomic E-state index is 0.0691. The smallest absolute Gasteiger partial charge is 0.341 e. The minimum atomic E-state index is -1.15. The summed E-state index contributed by atoms with van der Waals surface area (Å²) in [6.07, 6.45) is 9.47. The molecule has 3 aromatic heterocycles. The Morgan fingerprint density at radius 1 is 1.12 bits per heavy atom. The molecule has 4 aliphatic rings. The molecular formula is C43H48N6O7. The van der Waals surface area contributed by atoms with Crippen molar-refractivity contribution in [2.75, 3.05) is 24.1 Å². The largest absolute Gasteiger partial charge is 0.507 e. The summed E-state index contributed by atoms with van der Waals surface area (Å²) in [6, 6.07) is 10.9. The summed E-state index contributed by atoms with van der Waals surface area (Å²) in [5, 5.41) is 14.7. The van der Waals surface area contributed by atoms with Gasteiger partial charge in [-0.2, -0.15) is 0 Å². The lowest BCUT2D eigenvalue weighted by Gasteiger charge is -2.39. The molecule has 1 saturated heterocycles. The standard InChI is InChI=1S/C43H48N6O7/c1-6-7-8-12-46-38-18-27(17-28(47-38)22-49-21-26-11-13-45-31(26)23-49)30-15-25(16-37(44)48-30)9-10-35-43(5,56-35)41(52)54-36-19-29-33(55-42(36,3)4)20-34-39(40(29)51)32(50)14-24(2)53-34/h11,13-18,20,23,35-36,51H,6-10,12,19,21-22H2,1-5H3,(H2,44,48)(H,46,47). The molecule has 1 fully saturated rings. The number of phenols is 1. The summed E-state index contributed by atoms with van der Waals surface area (Å²) < 4.78 is 24.0. The number of aromatic hydroxyl groups is 1. The average molecular weight is 761 g/mol. The van der Waals surface area contributed by atoms with Crippen LogP contribution in [0.1, 0.15) is 76.0 Å². The number of aryl methyl sites for hydroxylation is 2. The van der Waals surface area contributed by atoms with Crippen molar-refractivity contribution in [1.29, 1.82) is 0 Å². The van der Waals surface area contributed by atoms with Gasteiger partial charge < -0.3 is 39.7 Å². The van der Waals surface area contributed by atoms with Crippen molar-refractivity contribution in [1.82, 2.24) is 14.9 Å². The van der Waals surface area contributed by atoms with Crippen LogP contribution in [0.25, 0.3) is 22.2 Å². The first kappa shape index (κ1) is 37.2. The molecule has 13 nitrogen and oxygen atoms in total. The van der Waals surface area contributed by atoms with Gasteiger partial charge in [0.15, 0.2) is 11.0 Å². The van der Waals surface area contributed by atoms with Crippen molar-refractivity contribution in [3.8, 4) is 22.8 Å². The lowest BCUT2D eigenvalue weighted by Crippen LogP contribution is -2.50. The van der Waals surface area contributed by atoms with E-state index in [1.54, 1.807) is 19.9 Å². The number of pyridine rings is 2. The Morgan fingerprint density at radius 3 is 2.77 bits per heavy atom. The fraction of sp³-hybridized carbons (Fsp3) is 0.419. The van der Waals surface area contributed by atoms with Crippen molar-refractivity contribution in [2.24, 2.45) is 4.99 Å². The topological polar surface area (TPSA) is 178 Å². The van der Waals surface area contributed by atoms with Crippen molar-refractivity contribution < 1.29 is 28.5 Å². The number of hydrogen-bond donors (Lipinski definition) is 3. The predicted molar refractivity (Wildman–Crippen MR) is 214 cm³/mol. The fourth-order valence-electron chi connectivity index (χ4n) is 7.79. The van der Waals surface area contributed by atoms with Crippen LogP contribution in [-0.2, 0) is 33.7 Å². The number of aliphatic imine (C=N–C) groups is 1. The van der Waals surface area contributed by atoms with Gasteiger partial charge in [0, 0.05) is 60.8 Å². The summed E-state index contributed by atoms with van der Waals surface area (Å²) in [5.41, 5.74) is 10.3. The Kier molecular flexibility index (Phi) is 9.60. The molecule has 0 saturated carbocycles. The molecule has 0 spiro atoms. The van der Waals surface area contributed by atoms with Crippen LogP contribution < -0.4 is 21.2 Å². The van der Waals surface area contributed by atoms with Gasteiger partial charge in [0.25, 0.3) is 0 Å². The van der Waals surface area contributed by atoms with Crippen LogP contribution in [0.4, 0.5) is 11.6 Å². The summed E-state index contributed by atoms with van der Waals surface area (Å²) in [7, 11) is 0. The number of allylic oxidation sites excluding steroid dienone is 1. The summed E-state index contributed by atoms with van der Waals surface area (Å²) >= 11 is 0. The molecule has 4 aromatic rings. The normalized spacial score (nSPS) is 21.6. The summed E-state index contributed by atoms with van der Waals surface area (Å²) in [4.78, 5) is 42.7. The highest BCUT2D eigenvalue weighted by Gasteiger charge is 2.60. The zero-order valence-corrected chi connectivity index (χ0v) is 32.5. The SMILES string of the molecule is CCCCCNc1cc(-c2cc(CCC3OC3(C)C(=O)OC3Cc4c(cc5oc(C)cc(=O)c5c4O)OC3(C)C)cc(N)n2)cc(CN2C=C3N=CC=C3C2)n1. The van der Waals surface area contributed by atoms with Crippen molar-refractivity contribution in [3.63, 3.8) is 0 Å². The van der Waals surface area contributed by atoms with E-state index in [2.05, 4.69) is 40.5 Å². The van der Waals surface area contributed by atoms with E-state index in [1.165, 1.54) is 11.6 Å². The van der Waals surface area contributed by atoms with Gasteiger partial charge in [-0.1, -0.05) is 19.8 Å². The number of aromatic nitrogens is 2. The zero-order chi connectivity index (χ0) is 39.4. The predicted octanol–water partition coefficient (Wildman–Crippen LogP) is 6.53. The summed E-state index contributed by atoms with van der Waals surface area (Å²) in [6.45, 7) is 11.5. The van der Waals surface area contributed by atoms with Crippen LogP contribution in [0.5, 0.6) is 11.5 Å². The average Bonchev–Trinajstić information content (AvgIpc) is 3.38. The van der Waals surface area contributed by atoms with E-state index < -0.39 is 23.3 Å². The first-order valence-electron chi connectivity index (χ1n) is 19.4. The number of carbonyl (C=O) groups is 1. The molecule has 0 bridgehead atoms. The van der Waals surface area contributed by atoms with Crippen LogP contribution in [0, 0.1) is 6.92 Å². The maximum absolute atomic E-state index is 13.7. The maximum atomic E-state index is 13.7. The van der Waals surface area contributed by atoms with Gasteiger partial charge in [0.1, 0.15) is 51.6 Å². The molecule has 56 heavy (non-hydrogen) atoms. The van der Waals surface area contributed by atoms with Crippen LogP contribution in [0.3, 0.4) is 0 Å². The van der Waals surface area contributed by atoms with E-state index in [9.17, 15) is 14.7 Å². The quantitative estimate of drug-likeness (QED) is 0.0764. The highest BCUT2D eigenvalue weighted by atomic mass is 16.7. The van der Waals surface area contributed by atoms with E-state index in [1.807, 2.05) is 38.3 Å². The van der Waals surface area contributed by atoms with Crippen LogP contribution >= 0.6 is 0 Å². The monoisotopic (exact) mass is 760 g/mol. The van der Waals surface area contributed by atoms with E-state index in [0.717, 1.165) is 66.4 Å². The zero-order valence-electron chi connectivity index (χ0n) is 32.5. The number of anilines is 2. The number of epoxide rings is 1. The van der Waals surface area contributed by atoms with E-state index in [-0.39, 0.29) is 34.7 Å². The lowest BCUT2D eigenvalue weighted by molar-refractivity contribution is -0.167. The van der Waals surface area contributed by atoms with Crippen molar-refractivity contribution in [3.05, 3.63) is 92.7 Å². The number of phenolic OH excluding ortho intramolecular Hbond substituents is 1. The molecule has 3 atom stereocenters.